The number of hydrogen-bond donors (Lipinski definition) is 1. The Balaban J connectivity index is 3.16. The number of nitro benzene ring substituents is 1. The lowest BCUT2D eigenvalue weighted by Gasteiger charge is -2.09. The summed E-state index contributed by atoms with van der Waals surface area (Å²) in [4.78, 5) is 22.6. The van der Waals surface area contributed by atoms with E-state index in [1.54, 1.807) is 0 Å². The SMILES string of the molecule is CCCCNC(=O)c1ccc([N+](=O)[O-])cc1C#CC(C)(C)C. The molecule has 22 heavy (non-hydrogen) atoms. The molecule has 0 fully saturated rings. The first-order valence-electron chi connectivity index (χ1n) is 7.34. The third-order valence-electron chi connectivity index (χ3n) is 2.85. The van der Waals surface area contributed by atoms with Gasteiger partial charge in [0.05, 0.1) is 10.5 Å². The Kier molecular flexibility index (Phi) is 6.11. The van der Waals surface area contributed by atoms with Crippen molar-refractivity contribution in [3.05, 3.63) is 39.4 Å². The lowest BCUT2D eigenvalue weighted by molar-refractivity contribution is -0.384. The maximum Gasteiger partial charge on any atom is 0.270 e. The van der Waals surface area contributed by atoms with Crippen molar-refractivity contribution in [1.29, 1.82) is 0 Å². The van der Waals surface area contributed by atoms with Crippen LogP contribution >= 0.6 is 0 Å². The van der Waals surface area contributed by atoms with Crippen molar-refractivity contribution in [3.8, 4) is 11.8 Å². The van der Waals surface area contributed by atoms with Crippen LogP contribution < -0.4 is 5.32 Å². The van der Waals surface area contributed by atoms with Crippen LogP contribution in [0.3, 0.4) is 0 Å². The summed E-state index contributed by atoms with van der Waals surface area (Å²) in [6.45, 7) is 8.45. The summed E-state index contributed by atoms with van der Waals surface area (Å²) in [5.41, 5.74) is 0.445. The summed E-state index contributed by atoms with van der Waals surface area (Å²) in [6, 6.07) is 4.15. The molecular weight excluding hydrogens is 280 g/mol. The molecule has 118 valence electrons. The number of rotatable bonds is 5. The van der Waals surface area contributed by atoms with Gasteiger partial charge < -0.3 is 5.32 Å². The van der Waals surface area contributed by atoms with Gasteiger partial charge in [-0.3, -0.25) is 14.9 Å². The highest BCUT2D eigenvalue weighted by atomic mass is 16.6. The van der Waals surface area contributed by atoms with E-state index in [1.165, 1.54) is 18.2 Å². The highest BCUT2D eigenvalue weighted by Crippen LogP contribution is 2.18. The predicted octanol–water partition coefficient (Wildman–Crippen LogP) is 3.52. The second kappa shape index (κ2) is 7.60. The van der Waals surface area contributed by atoms with Crippen molar-refractivity contribution < 1.29 is 9.72 Å². The molecule has 1 aromatic rings. The zero-order valence-electron chi connectivity index (χ0n) is 13.5. The van der Waals surface area contributed by atoms with E-state index in [9.17, 15) is 14.9 Å². The monoisotopic (exact) mass is 302 g/mol. The number of carbonyl (C=O) groups is 1. The fraction of sp³-hybridized carbons (Fsp3) is 0.471. The highest BCUT2D eigenvalue weighted by Gasteiger charge is 2.15. The van der Waals surface area contributed by atoms with Crippen LogP contribution in [0.2, 0.25) is 0 Å². The molecule has 1 rings (SSSR count). The molecule has 5 nitrogen and oxygen atoms in total. The van der Waals surface area contributed by atoms with Crippen LogP contribution in [0, 0.1) is 27.4 Å². The topological polar surface area (TPSA) is 72.2 Å². The molecule has 0 unspecified atom stereocenters. The Morgan fingerprint density at radius 1 is 1.36 bits per heavy atom. The first kappa shape index (κ1) is 17.7. The summed E-state index contributed by atoms with van der Waals surface area (Å²) in [7, 11) is 0. The van der Waals surface area contributed by atoms with E-state index >= 15 is 0 Å². The summed E-state index contributed by atoms with van der Waals surface area (Å²) in [5, 5.41) is 13.7. The molecule has 5 heteroatoms. The number of carbonyl (C=O) groups excluding carboxylic acids is 1. The Morgan fingerprint density at radius 2 is 2.05 bits per heavy atom. The van der Waals surface area contributed by atoms with Gasteiger partial charge in [-0.05, 0) is 33.3 Å². The predicted molar refractivity (Wildman–Crippen MR) is 86.7 cm³/mol. The molecule has 0 atom stereocenters. The number of unbranched alkanes of at least 4 members (excludes halogenated alkanes) is 1. The first-order valence-corrected chi connectivity index (χ1v) is 7.34. The van der Waals surface area contributed by atoms with E-state index in [0.717, 1.165) is 12.8 Å². The van der Waals surface area contributed by atoms with Crippen LogP contribution in [0.1, 0.15) is 56.5 Å². The molecule has 0 aliphatic heterocycles. The number of nitrogens with zero attached hydrogens (tertiary/aromatic N) is 1. The van der Waals surface area contributed by atoms with Crippen molar-refractivity contribution in [2.24, 2.45) is 5.41 Å². The summed E-state index contributed by atoms with van der Waals surface area (Å²) < 4.78 is 0. The van der Waals surface area contributed by atoms with E-state index in [4.69, 9.17) is 0 Å². The van der Waals surface area contributed by atoms with Crippen molar-refractivity contribution in [1.82, 2.24) is 5.32 Å². The van der Waals surface area contributed by atoms with Crippen LogP contribution in [0.25, 0.3) is 0 Å². The zero-order chi connectivity index (χ0) is 16.8. The van der Waals surface area contributed by atoms with Gasteiger partial charge >= 0.3 is 0 Å². The summed E-state index contributed by atoms with van der Waals surface area (Å²) in [5.74, 6) is 5.67. The van der Waals surface area contributed by atoms with E-state index in [1.807, 2.05) is 27.7 Å². The van der Waals surface area contributed by atoms with Gasteiger partial charge in [-0.2, -0.15) is 0 Å². The summed E-state index contributed by atoms with van der Waals surface area (Å²) >= 11 is 0. The fourth-order valence-electron chi connectivity index (χ4n) is 1.68. The van der Waals surface area contributed by atoms with Gasteiger partial charge in [-0.25, -0.2) is 0 Å². The molecular formula is C17H22N2O3. The van der Waals surface area contributed by atoms with Crippen molar-refractivity contribution in [2.75, 3.05) is 6.54 Å². The molecule has 0 aliphatic rings. The van der Waals surface area contributed by atoms with Gasteiger partial charge in [0.25, 0.3) is 11.6 Å². The maximum absolute atomic E-state index is 12.2. The van der Waals surface area contributed by atoms with Crippen LogP contribution in [0.4, 0.5) is 5.69 Å². The lowest BCUT2D eigenvalue weighted by Crippen LogP contribution is -2.25. The number of benzene rings is 1. The second-order valence-corrected chi connectivity index (χ2v) is 6.10. The quantitative estimate of drug-likeness (QED) is 0.391. The number of hydrogen-bond acceptors (Lipinski definition) is 3. The van der Waals surface area contributed by atoms with Gasteiger partial charge in [-0.15, -0.1) is 0 Å². The second-order valence-electron chi connectivity index (χ2n) is 6.10. The molecule has 0 aliphatic carbocycles. The smallest absolute Gasteiger partial charge is 0.270 e. The van der Waals surface area contributed by atoms with Crippen molar-refractivity contribution in [3.63, 3.8) is 0 Å². The maximum atomic E-state index is 12.2. The van der Waals surface area contributed by atoms with Crippen molar-refractivity contribution in [2.45, 2.75) is 40.5 Å². The number of non-ortho nitro benzene ring substituents is 1. The van der Waals surface area contributed by atoms with Crippen LogP contribution in [-0.2, 0) is 0 Å². The zero-order valence-corrected chi connectivity index (χ0v) is 13.5. The van der Waals surface area contributed by atoms with Crippen molar-refractivity contribution >= 4 is 11.6 Å². The van der Waals surface area contributed by atoms with Crippen LogP contribution in [-0.4, -0.2) is 17.4 Å². The molecule has 1 aromatic carbocycles. The Hall–Kier alpha value is -2.35. The largest absolute Gasteiger partial charge is 0.352 e. The molecule has 0 bridgehead atoms. The molecule has 0 spiro atoms. The molecule has 0 saturated carbocycles. The average Bonchev–Trinajstić information content (AvgIpc) is 2.44. The van der Waals surface area contributed by atoms with Gasteiger partial charge in [-0.1, -0.05) is 25.2 Å². The minimum absolute atomic E-state index is 0.0664. The molecule has 0 aromatic heterocycles. The summed E-state index contributed by atoms with van der Waals surface area (Å²) in [6.07, 6.45) is 1.87. The third-order valence-corrected chi connectivity index (χ3v) is 2.85. The molecule has 1 N–H and O–H groups in total. The Bertz CT molecular complexity index is 619. The minimum atomic E-state index is -0.485. The first-order chi connectivity index (χ1) is 10.2. The molecule has 0 radical (unpaired) electrons. The molecule has 1 amide bonds. The van der Waals surface area contributed by atoms with E-state index in [0.29, 0.717) is 17.7 Å². The Morgan fingerprint density at radius 3 is 2.59 bits per heavy atom. The minimum Gasteiger partial charge on any atom is -0.352 e. The number of amides is 1. The van der Waals surface area contributed by atoms with Crippen LogP contribution in [0.5, 0.6) is 0 Å². The van der Waals surface area contributed by atoms with Gasteiger partial charge in [0.2, 0.25) is 0 Å². The van der Waals surface area contributed by atoms with E-state index in [-0.39, 0.29) is 17.0 Å². The number of nitrogens with one attached hydrogen (secondary N) is 1. The van der Waals surface area contributed by atoms with Gasteiger partial charge in [0, 0.05) is 29.7 Å². The van der Waals surface area contributed by atoms with E-state index < -0.39 is 4.92 Å². The Labute approximate surface area is 131 Å². The average molecular weight is 302 g/mol. The van der Waals surface area contributed by atoms with Gasteiger partial charge in [0.15, 0.2) is 0 Å². The van der Waals surface area contributed by atoms with E-state index in [2.05, 4.69) is 17.2 Å². The standard InChI is InChI=1S/C17H22N2O3/c1-5-6-11-18-16(20)15-8-7-14(19(21)22)12-13(15)9-10-17(2,3)4/h7-8,12H,5-6,11H2,1-4H3,(H,18,20). The van der Waals surface area contributed by atoms with Crippen LogP contribution in [0.15, 0.2) is 18.2 Å². The fourth-order valence-corrected chi connectivity index (χ4v) is 1.68. The molecule has 0 heterocycles. The van der Waals surface area contributed by atoms with Gasteiger partial charge in [0.1, 0.15) is 0 Å². The normalized spacial score (nSPS) is 10.5. The molecule has 0 saturated heterocycles. The lowest BCUT2D eigenvalue weighted by atomic mass is 9.96. The number of nitro groups is 1. The highest BCUT2D eigenvalue weighted by molar-refractivity contribution is 5.97. The third kappa shape index (κ3) is 5.57.